The molecule has 26 heavy (non-hydrogen) atoms. The van der Waals surface area contributed by atoms with E-state index in [1.165, 1.54) is 0 Å². The molecule has 2 atom stereocenters. The van der Waals surface area contributed by atoms with Crippen LogP contribution >= 0.6 is 11.8 Å². The molecule has 0 bridgehead atoms. The molecule has 6 nitrogen and oxygen atoms in total. The molecule has 7 heteroatoms. The monoisotopic (exact) mass is 376 g/mol. The maximum absolute atomic E-state index is 12.9. The lowest BCUT2D eigenvalue weighted by molar-refractivity contribution is -0.154. The van der Waals surface area contributed by atoms with Gasteiger partial charge in [0.25, 0.3) is 0 Å². The van der Waals surface area contributed by atoms with Crippen LogP contribution in [0.25, 0.3) is 0 Å². The Balaban J connectivity index is 1.69. The molecule has 0 spiro atoms. The molecule has 1 aromatic carbocycles. The molecule has 3 rings (SSSR count). The highest BCUT2D eigenvalue weighted by Crippen LogP contribution is 2.33. The molecule has 2 amide bonds. The van der Waals surface area contributed by atoms with Gasteiger partial charge in [0, 0.05) is 36.6 Å². The van der Waals surface area contributed by atoms with Gasteiger partial charge in [-0.3, -0.25) is 14.4 Å². The third kappa shape index (κ3) is 3.58. The molecule has 0 aliphatic carbocycles. The second-order valence-electron chi connectivity index (χ2n) is 7.33. The van der Waals surface area contributed by atoms with E-state index in [-0.39, 0.29) is 24.8 Å². The summed E-state index contributed by atoms with van der Waals surface area (Å²) in [7, 11) is 0. The van der Waals surface area contributed by atoms with Crippen molar-refractivity contribution in [3.05, 3.63) is 24.3 Å². The van der Waals surface area contributed by atoms with Crippen LogP contribution in [0.2, 0.25) is 0 Å². The first-order valence-electron chi connectivity index (χ1n) is 8.81. The number of anilines is 1. The van der Waals surface area contributed by atoms with Gasteiger partial charge < -0.3 is 14.9 Å². The number of amides is 2. The van der Waals surface area contributed by atoms with E-state index in [4.69, 9.17) is 0 Å². The van der Waals surface area contributed by atoms with E-state index >= 15 is 0 Å². The SMILES string of the molecule is CSc1ccc(N2CC(C(=O)N3CCCC(C)(C(=O)O)C3)CC2=O)cc1. The van der Waals surface area contributed by atoms with Gasteiger partial charge in [-0.2, -0.15) is 0 Å². The van der Waals surface area contributed by atoms with Crippen LogP contribution in [0.1, 0.15) is 26.2 Å². The van der Waals surface area contributed by atoms with Crippen molar-refractivity contribution in [1.29, 1.82) is 0 Å². The highest BCUT2D eigenvalue weighted by molar-refractivity contribution is 7.98. The standard InChI is InChI=1S/C19H24N2O4S/c1-19(18(24)25)8-3-9-20(12-19)17(23)13-10-16(22)21(11-13)14-4-6-15(26-2)7-5-14/h4-7,13H,3,8-12H2,1-2H3,(H,24,25). The Morgan fingerprint density at radius 2 is 1.96 bits per heavy atom. The summed E-state index contributed by atoms with van der Waals surface area (Å²) in [4.78, 5) is 41.2. The number of carboxylic acid groups (broad SMARTS) is 1. The number of carbonyl (C=O) groups excluding carboxylic acids is 2. The van der Waals surface area contributed by atoms with Gasteiger partial charge in [-0.05, 0) is 50.3 Å². The maximum Gasteiger partial charge on any atom is 0.311 e. The van der Waals surface area contributed by atoms with E-state index in [1.54, 1.807) is 28.5 Å². The molecule has 1 N–H and O–H groups in total. The Kier molecular flexibility index (Phi) is 5.27. The van der Waals surface area contributed by atoms with Gasteiger partial charge in [-0.1, -0.05) is 0 Å². The first-order valence-corrected chi connectivity index (χ1v) is 10.0. The van der Waals surface area contributed by atoms with Crippen LogP contribution in [-0.2, 0) is 14.4 Å². The number of carboxylic acids is 1. The molecule has 2 aliphatic rings. The first kappa shape index (κ1) is 18.8. The maximum atomic E-state index is 12.9. The predicted octanol–water partition coefficient (Wildman–Crippen LogP) is 2.47. The summed E-state index contributed by atoms with van der Waals surface area (Å²) in [6, 6.07) is 7.73. The van der Waals surface area contributed by atoms with Crippen molar-refractivity contribution >= 4 is 35.2 Å². The summed E-state index contributed by atoms with van der Waals surface area (Å²) >= 11 is 1.63. The van der Waals surface area contributed by atoms with Gasteiger partial charge in [0.1, 0.15) is 0 Å². The van der Waals surface area contributed by atoms with Crippen LogP contribution in [0.3, 0.4) is 0 Å². The summed E-state index contributed by atoms with van der Waals surface area (Å²) in [5.74, 6) is -1.43. The highest BCUT2D eigenvalue weighted by Gasteiger charge is 2.43. The largest absolute Gasteiger partial charge is 0.481 e. The van der Waals surface area contributed by atoms with Crippen molar-refractivity contribution in [2.45, 2.75) is 31.1 Å². The van der Waals surface area contributed by atoms with Crippen molar-refractivity contribution in [3.63, 3.8) is 0 Å². The van der Waals surface area contributed by atoms with E-state index in [2.05, 4.69) is 0 Å². The number of thioether (sulfide) groups is 1. The number of hydrogen-bond acceptors (Lipinski definition) is 4. The van der Waals surface area contributed by atoms with Crippen LogP contribution in [0.15, 0.2) is 29.2 Å². The molecule has 0 radical (unpaired) electrons. The van der Waals surface area contributed by atoms with Crippen molar-refractivity contribution in [1.82, 2.24) is 4.90 Å². The van der Waals surface area contributed by atoms with Crippen molar-refractivity contribution in [3.8, 4) is 0 Å². The molecule has 2 unspecified atom stereocenters. The molecule has 1 aromatic rings. The number of benzene rings is 1. The lowest BCUT2D eigenvalue weighted by atomic mass is 9.81. The summed E-state index contributed by atoms with van der Waals surface area (Å²) in [6.45, 7) is 2.83. The number of carbonyl (C=O) groups is 3. The highest BCUT2D eigenvalue weighted by atomic mass is 32.2. The first-order chi connectivity index (χ1) is 12.3. The van der Waals surface area contributed by atoms with Crippen molar-refractivity contribution in [2.24, 2.45) is 11.3 Å². The minimum absolute atomic E-state index is 0.0572. The minimum Gasteiger partial charge on any atom is -0.481 e. The van der Waals surface area contributed by atoms with Crippen LogP contribution in [-0.4, -0.2) is 53.7 Å². The smallest absolute Gasteiger partial charge is 0.311 e. The fourth-order valence-electron chi connectivity index (χ4n) is 3.75. The summed E-state index contributed by atoms with van der Waals surface area (Å²) < 4.78 is 0. The quantitative estimate of drug-likeness (QED) is 0.817. The summed E-state index contributed by atoms with van der Waals surface area (Å²) in [6.07, 6.45) is 3.43. The van der Waals surface area contributed by atoms with E-state index in [1.807, 2.05) is 30.5 Å². The number of nitrogens with zero attached hydrogens (tertiary/aromatic N) is 2. The summed E-state index contributed by atoms with van der Waals surface area (Å²) in [5, 5.41) is 9.44. The number of likely N-dealkylation sites (tertiary alicyclic amines) is 1. The van der Waals surface area contributed by atoms with E-state index < -0.39 is 17.3 Å². The van der Waals surface area contributed by atoms with Crippen LogP contribution in [0.5, 0.6) is 0 Å². The molecule has 2 fully saturated rings. The van der Waals surface area contributed by atoms with Gasteiger partial charge in [0.05, 0.1) is 11.3 Å². The number of aliphatic carboxylic acids is 1. The second-order valence-corrected chi connectivity index (χ2v) is 8.21. The minimum atomic E-state index is -0.899. The zero-order valence-electron chi connectivity index (χ0n) is 15.1. The Labute approximate surface area is 157 Å². The molecule has 2 heterocycles. The zero-order valence-corrected chi connectivity index (χ0v) is 15.9. The molecular formula is C19H24N2O4S. The van der Waals surface area contributed by atoms with Crippen LogP contribution in [0.4, 0.5) is 5.69 Å². The molecule has 0 aromatic heterocycles. The van der Waals surface area contributed by atoms with E-state index in [0.29, 0.717) is 25.9 Å². The topological polar surface area (TPSA) is 77.9 Å². The second kappa shape index (κ2) is 7.31. The van der Waals surface area contributed by atoms with Crippen LogP contribution in [0, 0.1) is 11.3 Å². The Morgan fingerprint density at radius 3 is 2.58 bits per heavy atom. The fraction of sp³-hybridized carbons (Fsp3) is 0.526. The van der Waals surface area contributed by atoms with Crippen molar-refractivity contribution in [2.75, 3.05) is 30.8 Å². The molecule has 2 aliphatic heterocycles. The van der Waals surface area contributed by atoms with Gasteiger partial charge in [0.15, 0.2) is 0 Å². The lowest BCUT2D eigenvalue weighted by Gasteiger charge is -2.38. The molecule has 2 saturated heterocycles. The average Bonchev–Trinajstić information content (AvgIpc) is 3.03. The van der Waals surface area contributed by atoms with E-state index in [0.717, 1.165) is 10.6 Å². The zero-order chi connectivity index (χ0) is 18.9. The van der Waals surface area contributed by atoms with Gasteiger partial charge in [-0.25, -0.2) is 0 Å². The number of piperidine rings is 1. The number of hydrogen-bond donors (Lipinski definition) is 1. The lowest BCUT2D eigenvalue weighted by Crippen LogP contribution is -2.50. The van der Waals surface area contributed by atoms with E-state index in [9.17, 15) is 19.5 Å². The molecule has 140 valence electrons. The third-order valence-electron chi connectivity index (χ3n) is 5.38. The fourth-order valence-corrected chi connectivity index (χ4v) is 4.15. The van der Waals surface area contributed by atoms with Gasteiger partial charge in [-0.15, -0.1) is 11.8 Å². The third-order valence-corrected chi connectivity index (χ3v) is 6.13. The predicted molar refractivity (Wildman–Crippen MR) is 100 cm³/mol. The summed E-state index contributed by atoms with van der Waals surface area (Å²) in [5.41, 5.74) is -0.0961. The Morgan fingerprint density at radius 1 is 1.27 bits per heavy atom. The number of rotatable bonds is 4. The van der Waals surface area contributed by atoms with Gasteiger partial charge in [0.2, 0.25) is 11.8 Å². The Hall–Kier alpha value is -2.02. The normalized spacial score (nSPS) is 26.2. The van der Waals surface area contributed by atoms with Crippen molar-refractivity contribution < 1.29 is 19.5 Å². The average molecular weight is 376 g/mol. The van der Waals surface area contributed by atoms with Gasteiger partial charge >= 0.3 is 5.97 Å². The molecule has 0 saturated carbocycles. The Bertz CT molecular complexity index is 721. The molecular weight excluding hydrogens is 352 g/mol. The van der Waals surface area contributed by atoms with Crippen LogP contribution < -0.4 is 4.90 Å².